The lowest BCUT2D eigenvalue weighted by Gasteiger charge is -2.40. The molecule has 1 fully saturated rings. The molecule has 2 heterocycles. The molecular formula is C22H28N3O2+. The van der Waals surface area contributed by atoms with Crippen LogP contribution in [0.15, 0.2) is 30.3 Å². The van der Waals surface area contributed by atoms with Gasteiger partial charge < -0.3 is 9.38 Å². The number of unbranched alkanes of at least 4 members (excludes halogenated alkanes) is 1. The van der Waals surface area contributed by atoms with Crippen molar-refractivity contribution in [3.63, 3.8) is 0 Å². The number of hydrogen-bond acceptors (Lipinski definition) is 3. The van der Waals surface area contributed by atoms with Gasteiger partial charge in [-0.05, 0) is 24.6 Å². The predicted octanol–water partition coefficient (Wildman–Crippen LogP) is 3.13. The average Bonchev–Trinajstić information content (AvgIpc) is 2.66. The SMILES string of the molecule is CCCCN1C(=O)c2cccc3c(N4CC[N+](C)(C)CC4)ccc(c23)C1=O. The maximum absolute atomic E-state index is 13.0. The van der Waals surface area contributed by atoms with Crippen LogP contribution in [0.4, 0.5) is 5.69 Å². The van der Waals surface area contributed by atoms with Crippen LogP contribution in [0.25, 0.3) is 10.8 Å². The van der Waals surface area contributed by atoms with E-state index in [9.17, 15) is 9.59 Å². The largest absolute Gasteiger partial charge is 0.360 e. The Morgan fingerprint density at radius 3 is 2.30 bits per heavy atom. The molecule has 0 N–H and O–H groups in total. The third-order valence-electron chi connectivity index (χ3n) is 6.00. The van der Waals surface area contributed by atoms with Crippen LogP contribution >= 0.6 is 0 Å². The minimum Gasteiger partial charge on any atom is -0.360 e. The summed E-state index contributed by atoms with van der Waals surface area (Å²) >= 11 is 0. The van der Waals surface area contributed by atoms with Crippen LogP contribution in [-0.4, -0.2) is 68.0 Å². The number of nitrogens with zero attached hydrogens (tertiary/aromatic N) is 3. The number of likely N-dealkylation sites (N-methyl/N-ethyl adjacent to an activating group) is 1. The zero-order chi connectivity index (χ0) is 19.2. The summed E-state index contributed by atoms with van der Waals surface area (Å²) in [4.78, 5) is 29.8. The van der Waals surface area contributed by atoms with Gasteiger partial charge in [0, 0.05) is 34.1 Å². The molecule has 2 aromatic carbocycles. The molecule has 0 saturated carbocycles. The van der Waals surface area contributed by atoms with E-state index in [4.69, 9.17) is 0 Å². The first-order valence-electron chi connectivity index (χ1n) is 9.92. The molecule has 2 amide bonds. The minimum atomic E-state index is -0.153. The van der Waals surface area contributed by atoms with Gasteiger partial charge in [0.05, 0.1) is 40.3 Å². The second-order valence-electron chi connectivity index (χ2n) is 8.35. The number of rotatable bonds is 4. The normalized spacial score (nSPS) is 19.1. The Kier molecular flexibility index (Phi) is 4.42. The maximum Gasteiger partial charge on any atom is 0.261 e. The highest BCUT2D eigenvalue weighted by molar-refractivity contribution is 6.26. The van der Waals surface area contributed by atoms with Crippen molar-refractivity contribution in [2.24, 2.45) is 0 Å². The number of amides is 2. The summed E-state index contributed by atoms with van der Waals surface area (Å²) in [7, 11) is 4.52. The number of hydrogen-bond donors (Lipinski definition) is 0. The third-order valence-corrected chi connectivity index (χ3v) is 6.00. The summed E-state index contributed by atoms with van der Waals surface area (Å²) in [6.07, 6.45) is 1.79. The van der Waals surface area contributed by atoms with Crippen LogP contribution in [0.3, 0.4) is 0 Å². The fourth-order valence-corrected chi connectivity index (χ4v) is 4.17. The predicted molar refractivity (Wildman–Crippen MR) is 108 cm³/mol. The molecule has 27 heavy (non-hydrogen) atoms. The van der Waals surface area contributed by atoms with Crippen molar-refractivity contribution >= 4 is 28.3 Å². The molecule has 2 aromatic rings. The van der Waals surface area contributed by atoms with Crippen LogP contribution in [-0.2, 0) is 0 Å². The van der Waals surface area contributed by atoms with Gasteiger partial charge in [0.25, 0.3) is 11.8 Å². The number of benzene rings is 2. The lowest BCUT2D eigenvalue weighted by molar-refractivity contribution is -0.890. The van der Waals surface area contributed by atoms with Crippen molar-refractivity contribution in [2.45, 2.75) is 19.8 Å². The Labute approximate surface area is 160 Å². The van der Waals surface area contributed by atoms with E-state index in [1.54, 1.807) is 0 Å². The smallest absolute Gasteiger partial charge is 0.261 e. The van der Waals surface area contributed by atoms with E-state index < -0.39 is 0 Å². The summed E-state index contributed by atoms with van der Waals surface area (Å²) in [5, 5.41) is 1.85. The van der Waals surface area contributed by atoms with E-state index in [-0.39, 0.29) is 11.8 Å². The first-order valence-corrected chi connectivity index (χ1v) is 9.92. The van der Waals surface area contributed by atoms with Crippen LogP contribution < -0.4 is 4.90 Å². The van der Waals surface area contributed by atoms with Gasteiger partial charge >= 0.3 is 0 Å². The second-order valence-corrected chi connectivity index (χ2v) is 8.35. The van der Waals surface area contributed by atoms with Gasteiger partial charge in [0.15, 0.2) is 0 Å². The Bertz CT molecular complexity index is 887. The highest BCUT2D eigenvalue weighted by Crippen LogP contribution is 2.36. The molecule has 0 spiro atoms. The number of carbonyl (C=O) groups excluding carboxylic acids is 2. The maximum atomic E-state index is 13.0. The minimum absolute atomic E-state index is 0.153. The van der Waals surface area contributed by atoms with Gasteiger partial charge in [0.1, 0.15) is 0 Å². The molecule has 0 aromatic heterocycles. The molecule has 2 aliphatic rings. The van der Waals surface area contributed by atoms with Crippen LogP contribution in [0, 0.1) is 0 Å². The Morgan fingerprint density at radius 2 is 1.63 bits per heavy atom. The molecule has 0 aliphatic carbocycles. The average molecular weight is 366 g/mol. The van der Waals surface area contributed by atoms with E-state index in [1.165, 1.54) is 4.90 Å². The van der Waals surface area contributed by atoms with Crippen LogP contribution in [0.2, 0.25) is 0 Å². The van der Waals surface area contributed by atoms with E-state index in [1.807, 2.05) is 18.2 Å². The molecule has 5 nitrogen and oxygen atoms in total. The Hall–Kier alpha value is -2.40. The van der Waals surface area contributed by atoms with Crippen LogP contribution in [0.1, 0.15) is 40.5 Å². The van der Waals surface area contributed by atoms with E-state index in [2.05, 4.69) is 38.1 Å². The molecule has 1 saturated heterocycles. The molecule has 0 bridgehead atoms. The summed E-state index contributed by atoms with van der Waals surface area (Å²) in [5.41, 5.74) is 2.46. The zero-order valence-corrected chi connectivity index (χ0v) is 16.5. The molecule has 5 heteroatoms. The van der Waals surface area contributed by atoms with Crippen molar-refractivity contribution in [3.05, 3.63) is 41.5 Å². The monoisotopic (exact) mass is 366 g/mol. The molecule has 142 valence electrons. The second kappa shape index (κ2) is 6.64. The van der Waals surface area contributed by atoms with Gasteiger partial charge in [-0.3, -0.25) is 14.5 Å². The van der Waals surface area contributed by atoms with Crippen molar-refractivity contribution in [2.75, 3.05) is 51.7 Å². The summed E-state index contributed by atoms with van der Waals surface area (Å²) in [6, 6.07) is 9.84. The zero-order valence-electron chi connectivity index (χ0n) is 16.5. The number of carbonyl (C=O) groups is 2. The van der Waals surface area contributed by atoms with Gasteiger partial charge in [-0.2, -0.15) is 0 Å². The Balaban J connectivity index is 1.78. The summed E-state index contributed by atoms with van der Waals surface area (Å²) in [5.74, 6) is -0.305. The quantitative estimate of drug-likeness (QED) is 0.617. The molecule has 4 rings (SSSR count). The highest BCUT2D eigenvalue weighted by Gasteiger charge is 2.34. The van der Waals surface area contributed by atoms with Gasteiger partial charge in [-0.15, -0.1) is 0 Å². The van der Waals surface area contributed by atoms with Crippen molar-refractivity contribution in [1.82, 2.24) is 4.90 Å². The van der Waals surface area contributed by atoms with Gasteiger partial charge in [-0.1, -0.05) is 25.5 Å². The van der Waals surface area contributed by atoms with Crippen molar-refractivity contribution in [3.8, 4) is 0 Å². The Morgan fingerprint density at radius 1 is 0.963 bits per heavy atom. The van der Waals surface area contributed by atoms with Gasteiger partial charge in [0.2, 0.25) is 0 Å². The fraction of sp³-hybridized carbons (Fsp3) is 0.455. The molecule has 0 atom stereocenters. The summed E-state index contributed by atoms with van der Waals surface area (Å²) in [6.45, 7) is 6.70. The first kappa shape index (κ1) is 18.0. The van der Waals surface area contributed by atoms with E-state index in [0.29, 0.717) is 17.7 Å². The van der Waals surface area contributed by atoms with E-state index >= 15 is 0 Å². The number of quaternary nitrogens is 1. The number of imide groups is 1. The molecular weight excluding hydrogens is 338 g/mol. The highest BCUT2D eigenvalue weighted by atomic mass is 16.2. The van der Waals surface area contributed by atoms with Gasteiger partial charge in [-0.25, -0.2) is 0 Å². The van der Waals surface area contributed by atoms with Crippen LogP contribution in [0.5, 0.6) is 0 Å². The molecule has 0 radical (unpaired) electrons. The molecule has 2 aliphatic heterocycles. The molecule has 0 unspecified atom stereocenters. The number of anilines is 1. The van der Waals surface area contributed by atoms with Crippen molar-refractivity contribution < 1.29 is 14.1 Å². The third kappa shape index (κ3) is 3.00. The fourth-order valence-electron chi connectivity index (χ4n) is 4.17. The number of piperazine rings is 1. The lowest BCUT2D eigenvalue weighted by atomic mass is 9.92. The standard InChI is InChI=1S/C22H28N3O2/c1-4-5-11-24-21(26)17-8-6-7-16-19(10-9-18(20(16)17)22(24)27)23-12-14-25(2,3)15-13-23/h6-10H,4-5,11-15H2,1-3H3/q+1. The topological polar surface area (TPSA) is 40.6 Å². The van der Waals surface area contributed by atoms with E-state index in [0.717, 1.165) is 60.0 Å². The summed E-state index contributed by atoms with van der Waals surface area (Å²) < 4.78 is 1.03. The first-order chi connectivity index (χ1) is 12.9. The lowest BCUT2D eigenvalue weighted by Crippen LogP contribution is -2.55. The van der Waals surface area contributed by atoms with Crippen molar-refractivity contribution in [1.29, 1.82) is 0 Å².